The maximum Gasteiger partial charge on any atom is 0.248 e. The Hall–Kier alpha value is -3.52. The molecule has 0 saturated heterocycles. The number of phenolic OH excluding ortho intramolecular Hbond substituents is 1. The highest BCUT2D eigenvalue weighted by Gasteiger charge is 2.34. The van der Waals surface area contributed by atoms with E-state index in [1.165, 1.54) is 34.8 Å². The van der Waals surface area contributed by atoms with Crippen LogP contribution in [0.1, 0.15) is 48.6 Å². The molecular formula is C28H32N2O5S. The zero-order valence-electron chi connectivity index (χ0n) is 20.6. The Bertz CT molecular complexity index is 1130. The summed E-state index contributed by atoms with van der Waals surface area (Å²) in [5.41, 5.74) is 1.09. The first-order chi connectivity index (χ1) is 17.5. The number of benzene rings is 2. The minimum absolute atomic E-state index is 0.0694. The fourth-order valence-corrected chi connectivity index (χ4v) is 5.31. The van der Waals surface area contributed by atoms with Gasteiger partial charge in [0.05, 0.1) is 26.3 Å². The summed E-state index contributed by atoms with van der Waals surface area (Å²) in [6.45, 7) is 0. The molecule has 2 amide bonds. The van der Waals surface area contributed by atoms with Crippen molar-refractivity contribution < 1.29 is 24.2 Å². The van der Waals surface area contributed by atoms with Crippen LogP contribution in [-0.2, 0) is 16.0 Å². The van der Waals surface area contributed by atoms with E-state index in [4.69, 9.17) is 9.47 Å². The molecule has 0 bridgehead atoms. The van der Waals surface area contributed by atoms with Gasteiger partial charge in [-0.3, -0.25) is 14.5 Å². The zero-order chi connectivity index (χ0) is 25.5. The van der Waals surface area contributed by atoms with Crippen LogP contribution in [0.3, 0.4) is 0 Å². The lowest BCUT2D eigenvalue weighted by Gasteiger charge is -2.34. The fourth-order valence-electron chi connectivity index (χ4n) is 4.62. The molecular weight excluding hydrogens is 476 g/mol. The van der Waals surface area contributed by atoms with Gasteiger partial charge in [-0.1, -0.05) is 37.5 Å². The van der Waals surface area contributed by atoms with Gasteiger partial charge < -0.3 is 19.9 Å². The molecule has 2 N–H and O–H groups in total. The summed E-state index contributed by atoms with van der Waals surface area (Å²) >= 11 is 1.50. The molecule has 1 aliphatic rings. The Morgan fingerprint density at radius 3 is 2.28 bits per heavy atom. The Balaban J connectivity index is 1.80. The van der Waals surface area contributed by atoms with Crippen molar-refractivity contribution in [1.29, 1.82) is 0 Å². The van der Waals surface area contributed by atoms with E-state index in [9.17, 15) is 14.7 Å². The topological polar surface area (TPSA) is 88.1 Å². The highest BCUT2D eigenvalue weighted by molar-refractivity contribution is 7.10. The second kappa shape index (κ2) is 11.9. The number of anilines is 1. The number of ether oxygens (including phenoxy) is 2. The molecule has 190 valence electrons. The first-order valence-corrected chi connectivity index (χ1v) is 13.0. The van der Waals surface area contributed by atoms with Gasteiger partial charge in [-0.15, -0.1) is 11.3 Å². The number of thiophene rings is 1. The molecule has 7 nitrogen and oxygen atoms in total. The number of amides is 2. The van der Waals surface area contributed by atoms with Crippen molar-refractivity contribution >= 4 is 28.8 Å². The molecule has 3 aromatic rings. The highest BCUT2D eigenvalue weighted by atomic mass is 32.1. The smallest absolute Gasteiger partial charge is 0.248 e. The number of hydrogen-bond donors (Lipinski definition) is 2. The summed E-state index contributed by atoms with van der Waals surface area (Å²) in [6.07, 6.45) is 5.30. The number of nitrogens with zero attached hydrogens (tertiary/aromatic N) is 1. The molecule has 1 aliphatic carbocycles. The molecule has 1 fully saturated rings. The van der Waals surface area contributed by atoms with E-state index in [-0.39, 0.29) is 30.0 Å². The number of carbonyl (C=O) groups excluding carboxylic acids is 2. The van der Waals surface area contributed by atoms with Gasteiger partial charge in [0.1, 0.15) is 23.3 Å². The summed E-state index contributed by atoms with van der Waals surface area (Å²) in [6, 6.07) is 14.6. The van der Waals surface area contributed by atoms with E-state index in [1.807, 2.05) is 17.5 Å². The van der Waals surface area contributed by atoms with Gasteiger partial charge in [0, 0.05) is 29.1 Å². The number of methoxy groups -OCH3 is 2. The molecule has 2 aromatic carbocycles. The molecule has 0 aliphatic heterocycles. The van der Waals surface area contributed by atoms with E-state index < -0.39 is 6.04 Å². The highest BCUT2D eigenvalue weighted by Crippen LogP contribution is 2.35. The van der Waals surface area contributed by atoms with Crippen molar-refractivity contribution in [3.8, 4) is 17.2 Å². The number of hydrogen-bond acceptors (Lipinski definition) is 6. The van der Waals surface area contributed by atoms with Crippen LogP contribution in [0.15, 0.2) is 60.0 Å². The van der Waals surface area contributed by atoms with E-state index in [2.05, 4.69) is 5.32 Å². The molecule has 4 rings (SSSR count). The SMILES string of the molecule is COc1cc(OC)cc(N(C(=O)Cc2cccs2)[C@H](C(=O)NC2CCCCC2)c2ccc(O)cc2)c1. The maximum atomic E-state index is 13.9. The summed E-state index contributed by atoms with van der Waals surface area (Å²) in [4.78, 5) is 30.2. The Morgan fingerprint density at radius 2 is 1.69 bits per heavy atom. The zero-order valence-corrected chi connectivity index (χ0v) is 21.4. The van der Waals surface area contributed by atoms with Crippen LogP contribution in [0.5, 0.6) is 17.2 Å². The van der Waals surface area contributed by atoms with Crippen LogP contribution in [0.25, 0.3) is 0 Å². The van der Waals surface area contributed by atoms with Gasteiger partial charge in [-0.2, -0.15) is 0 Å². The van der Waals surface area contributed by atoms with Crippen LogP contribution in [-0.4, -0.2) is 37.2 Å². The first-order valence-electron chi connectivity index (χ1n) is 12.2. The molecule has 0 unspecified atom stereocenters. The largest absolute Gasteiger partial charge is 0.508 e. The minimum atomic E-state index is -0.947. The Morgan fingerprint density at radius 1 is 1.03 bits per heavy atom. The van der Waals surface area contributed by atoms with Crippen LogP contribution in [0, 0.1) is 0 Å². The lowest BCUT2D eigenvalue weighted by Crippen LogP contribution is -2.47. The van der Waals surface area contributed by atoms with Gasteiger partial charge >= 0.3 is 0 Å². The van der Waals surface area contributed by atoms with Crippen molar-refractivity contribution in [2.75, 3.05) is 19.1 Å². The van der Waals surface area contributed by atoms with E-state index in [0.717, 1.165) is 30.6 Å². The van der Waals surface area contributed by atoms with Gasteiger partial charge in [-0.25, -0.2) is 0 Å². The molecule has 8 heteroatoms. The van der Waals surface area contributed by atoms with Crippen molar-refractivity contribution in [2.24, 2.45) is 0 Å². The summed E-state index contributed by atoms with van der Waals surface area (Å²) in [5.74, 6) is 0.620. The molecule has 1 heterocycles. The van der Waals surface area contributed by atoms with Crippen LogP contribution < -0.4 is 19.7 Å². The number of rotatable bonds is 9. The second-order valence-corrected chi connectivity index (χ2v) is 9.96. The van der Waals surface area contributed by atoms with E-state index >= 15 is 0 Å². The van der Waals surface area contributed by atoms with E-state index in [0.29, 0.717) is 22.7 Å². The lowest BCUT2D eigenvalue weighted by molar-refractivity contribution is -0.127. The van der Waals surface area contributed by atoms with Crippen LogP contribution >= 0.6 is 11.3 Å². The molecule has 36 heavy (non-hydrogen) atoms. The lowest BCUT2D eigenvalue weighted by atomic mass is 9.94. The standard InChI is InChI=1S/C28H32N2O5S/c1-34-23-15-21(16-24(17-23)35-2)30(26(32)18-25-9-6-14-36-25)27(19-10-12-22(31)13-11-19)28(33)29-20-7-4-3-5-8-20/h6,9-17,20,27,31H,3-5,7-8,18H2,1-2H3,(H,29,33)/t27-/m0/s1. The molecule has 1 saturated carbocycles. The summed E-state index contributed by atoms with van der Waals surface area (Å²) < 4.78 is 10.9. The predicted molar refractivity (Wildman–Crippen MR) is 141 cm³/mol. The van der Waals surface area contributed by atoms with Crippen LogP contribution in [0.2, 0.25) is 0 Å². The van der Waals surface area contributed by atoms with Gasteiger partial charge in [0.25, 0.3) is 0 Å². The minimum Gasteiger partial charge on any atom is -0.508 e. The third-order valence-corrected chi connectivity index (χ3v) is 7.33. The average molecular weight is 509 g/mol. The molecule has 1 atom stereocenters. The van der Waals surface area contributed by atoms with Gasteiger partial charge in [-0.05, 0) is 42.0 Å². The van der Waals surface area contributed by atoms with Gasteiger partial charge in [0.2, 0.25) is 11.8 Å². The molecule has 0 spiro atoms. The van der Waals surface area contributed by atoms with Crippen molar-refractivity contribution in [1.82, 2.24) is 5.32 Å². The number of aromatic hydroxyl groups is 1. The number of phenols is 1. The average Bonchev–Trinajstić information content (AvgIpc) is 3.41. The normalized spacial score (nSPS) is 14.6. The monoisotopic (exact) mass is 508 g/mol. The third kappa shape index (κ3) is 6.18. The van der Waals surface area contributed by atoms with Gasteiger partial charge in [0.15, 0.2) is 0 Å². The first kappa shape index (κ1) is 25.6. The van der Waals surface area contributed by atoms with Crippen molar-refractivity contribution in [3.05, 3.63) is 70.4 Å². The second-order valence-electron chi connectivity index (χ2n) is 8.93. The maximum absolute atomic E-state index is 13.9. The fraction of sp³-hybridized carbons (Fsp3) is 0.357. The molecule has 0 radical (unpaired) electrons. The van der Waals surface area contributed by atoms with Crippen molar-refractivity contribution in [2.45, 2.75) is 50.6 Å². The quantitative estimate of drug-likeness (QED) is 0.413. The summed E-state index contributed by atoms with van der Waals surface area (Å²) in [7, 11) is 3.09. The number of nitrogens with one attached hydrogen (secondary N) is 1. The van der Waals surface area contributed by atoms with Crippen LogP contribution in [0.4, 0.5) is 5.69 Å². The van der Waals surface area contributed by atoms with E-state index in [1.54, 1.807) is 44.6 Å². The summed E-state index contributed by atoms with van der Waals surface area (Å²) in [5, 5.41) is 15.0. The third-order valence-electron chi connectivity index (χ3n) is 6.46. The molecule has 1 aromatic heterocycles. The number of carbonyl (C=O) groups is 2. The van der Waals surface area contributed by atoms with Crippen molar-refractivity contribution in [3.63, 3.8) is 0 Å². The predicted octanol–water partition coefficient (Wildman–Crippen LogP) is 5.24. The Labute approximate surface area is 215 Å². The Kier molecular flexibility index (Phi) is 8.48.